The van der Waals surface area contributed by atoms with Gasteiger partial charge in [0.05, 0.1) is 12.5 Å². The highest BCUT2D eigenvalue weighted by Crippen LogP contribution is 2.58. The molecule has 4 rings (SSSR count). The zero-order chi connectivity index (χ0) is 13.3. The first-order valence-corrected chi connectivity index (χ1v) is 7.66. The van der Waals surface area contributed by atoms with Gasteiger partial charge in [-0.2, -0.15) is 0 Å². The topological polar surface area (TPSA) is 26.3 Å². The lowest BCUT2D eigenvalue weighted by Crippen LogP contribution is -2.38. The average molecular weight is 260 g/mol. The molecule has 2 heteroatoms. The van der Waals surface area contributed by atoms with E-state index >= 15 is 0 Å². The van der Waals surface area contributed by atoms with Crippen LogP contribution in [0.1, 0.15) is 57.8 Å². The molecule has 4 aliphatic carbocycles. The van der Waals surface area contributed by atoms with Gasteiger partial charge in [-0.1, -0.05) is 24.6 Å². The molecule has 0 heterocycles. The third kappa shape index (κ3) is 2.05. The van der Waals surface area contributed by atoms with Crippen LogP contribution in [0.2, 0.25) is 0 Å². The fraction of sp³-hybridized carbons (Fsp3) is 0.706. The molecular formula is C17H24O2. The largest absolute Gasteiger partial charge is 0.469 e. The van der Waals surface area contributed by atoms with Crippen LogP contribution in [-0.2, 0) is 9.53 Å². The Bertz CT molecular complexity index is 423. The second-order valence-electron chi connectivity index (χ2n) is 6.54. The van der Waals surface area contributed by atoms with E-state index in [0.717, 1.165) is 32.1 Å². The van der Waals surface area contributed by atoms with Crippen LogP contribution in [0.4, 0.5) is 0 Å². The Kier molecular flexibility index (Phi) is 3.28. The van der Waals surface area contributed by atoms with Crippen molar-refractivity contribution >= 4 is 5.97 Å². The molecule has 0 amide bonds. The number of rotatable bonds is 2. The van der Waals surface area contributed by atoms with E-state index in [1.54, 1.807) is 5.57 Å². The van der Waals surface area contributed by atoms with Gasteiger partial charge in [-0.15, -0.1) is 0 Å². The maximum Gasteiger partial charge on any atom is 0.311 e. The van der Waals surface area contributed by atoms with Crippen molar-refractivity contribution in [2.45, 2.75) is 57.8 Å². The molecule has 2 bridgehead atoms. The maximum atomic E-state index is 12.1. The zero-order valence-electron chi connectivity index (χ0n) is 11.9. The van der Waals surface area contributed by atoms with Gasteiger partial charge in [-0.3, -0.25) is 4.79 Å². The van der Waals surface area contributed by atoms with Gasteiger partial charge >= 0.3 is 5.97 Å². The number of esters is 1. The molecule has 0 aromatic heterocycles. The lowest BCUT2D eigenvalue weighted by molar-refractivity contribution is -0.155. The quantitative estimate of drug-likeness (QED) is 0.697. The van der Waals surface area contributed by atoms with Crippen molar-refractivity contribution in [1.29, 1.82) is 0 Å². The molecule has 0 atom stereocenters. The summed E-state index contributed by atoms with van der Waals surface area (Å²) in [5.41, 5.74) is 1.76. The lowest BCUT2D eigenvalue weighted by Gasteiger charge is -2.42. The molecule has 104 valence electrons. The lowest BCUT2D eigenvalue weighted by atomic mass is 9.62. The molecule has 4 aliphatic rings. The van der Waals surface area contributed by atoms with Crippen molar-refractivity contribution in [3.8, 4) is 0 Å². The van der Waals surface area contributed by atoms with Crippen LogP contribution in [0.25, 0.3) is 0 Å². The number of hydrogen-bond donors (Lipinski definition) is 0. The van der Waals surface area contributed by atoms with Crippen LogP contribution in [-0.4, -0.2) is 13.1 Å². The molecule has 3 fully saturated rings. The van der Waals surface area contributed by atoms with E-state index in [1.165, 1.54) is 32.8 Å². The molecule has 0 aromatic carbocycles. The maximum absolute atomic E-state index is 12.1. The Morgan fingerprint density at radius 3 is 2.53 bits per heavy atom. The number of allylic oxidation sites excluding steroid dienone is 4. The van der Waals surface area contributed by atoms with Crippen molar-refractivity contribution in [2.75, 3.05) is 7.11 Å². The normalized spacial score (nSPS) is 37.6. The van der Waals surface area contributed by atoms with Gasteiger partial charge in [0.15, 0.2) is 0 Å². The molecular weight excluding hydrogens is 236 g/mol. The number of carbonyl (C=O) groups excluding carboxylic acids is 1. The highest BCUT2D eigenvalue weighted by molar-refractivity contribution is 5.77. The molecule has 0 saturated heterocycles. The Balaban J connectivity index is 1.85. The molecule has 0 aliphatic heterocycles. The standard InChI is InChI=1S/C17H24O2/c1-19-15(18)17-9-5-8-16(10-12-17,11-13-17)14-6-3-2-4-7-14/h3,6-7H,2,4-5,8-13H2,1H3. The summed E-state index contributed by atoms with van der Waals surface area (Å²) in [4.78, 5) is 12.1. The first kappa shape index (κ1) is 13.0. The minimum atomic E-state index is -0.159. The highest BCUT2D eigenvalue weighted by atomic mass is 16.5. The Labute approximate surface area is 115 Å². The number of carbonyl (C=O) groups is 1. The van der Waals surface area contributed by atoms with Crippen LogP contribution in [0, 0.1) is 10.8 Å². The minimum Gasteiger partial charge on any atom is -0.469 e. The predicted molar refractivity (Wildman–Crippen MR) is 75.7 cm³/mol. The van der Waals surface area contributed by atoms with Crippen molar-refractivity contribution in [1.82, 2.24) is 0 Å². The molecule has 0 N–H and O–H groups in total. The van der Waals surface area contributed by atoms with E-state index in [4.69, 9.17) is 4.74 Å². The van der Waals surface area contributed by atoms with Crippen molar-refractivity contribution in [2.24, 2.45) is 10.8 Å². The first-order valence-electron chi connectivity index (χ1n) is 7.66. The summed E-state index contributed by atoms with van der Waals surface area (Å²) >= 11 is 0. The second kappa shape index (κ2) is 4.81. The van der Waals surface area contributed by atoms with Crippen molar-refractivity contribution in [3.63, 3.8) is 0 Å². The van der Waals surface area contributed by atoms with Gasteiger partial charge in [0.1, 0.15) is 0 Å². The summed E-state index contributed by atoms with van der Waals surface area (Å²) in [6, 6.07) is 0. The van der Waals surface area contributed by atoms with E-state index in [-0.39, 0.29) is 11.4 Å². The van der Waals surface area contributed by atoms with E-state index < -0.39 is 0 Å². The molecule has 0 spiro atoms. The van der Waals surface area contributed by atoms with Crippen molar-refractivity contribution < 1.29 is 9.53 Å². The van der Waals surface area contributed by atoms with Gasteiger partial charge in [-0.25, -0.2) is 0 Å². The van der Waals surface area contributed by atoms with E-state index in [9.17, 15) is 4.79 Å². The van der Waals surface area contributed by atoms with Crippen LogP contribution in [0.15, 0.2) is 23.8 Å². The Morgan fingerprint density at radius 2 is 1.89 bits per heavy atom. The Morgan fingerprint density at radius 1 is 1.11 bits per heavy atom. The van der Waals surface area contributed by atoms with E-state index in [1.807, 2.05) is 0 Å². The molecule has 2 nitrogen and oxygen atoms in total. The number of fused-ring (bicyclic) bond motifs is 4. The number of methoxy groups -OCH3 is 1. The summed E-state index contributed by atoms with van der Waals surface area (Å²) < 4.78 is 5.07. The zero-order valence-corrected chi connectivity index (χ0v) is 11.9. The second-order valence-corrected chi connectivity index (χ2v) is 6.54. The molecule has 3 saturated carbocycles. The molecule has 0 unspecified atom stereocenters. The Hall–Kier alpha value is -1.05. The summed E-state index contributed by atoms with van der Waals surface area (Å²) in [5, 5.41) is 0. The van der Waals surface area contributed by atoms with E-state index in [2.05, 4.69) is 18.2 Å². The third-order valence-corrected chi connectivity index (χ3v) is 5.70. The van der Waals surface area contributed by atoms with Crippen LogP contribution in [0.5, 0.6) is 0 Å². The fourth-order valence-electron chi connectivity index (χ4n) is 4.43. The van der Waals surface area contributed by atoms with Crippen LogP contribution >= 0.6 is 0 Å². The summed E-state index contributed by atoms with van der Waals surface area (Å²) in [7, 11) is 1.54. The van der Waals surface area contributed by atoms with Crippen molar-refractivity contribution in [3.05, 3.63) is 23.8 Å². The predicted octanol–water partition coefficient (Wildman–Crippen LogP) is 4.17. The number of hydrogen-bond acceptors (Lipinski definition) is 2. The molecule has 0 radical (unpaired) electrons. The summed E-state index contributed by atoms with van der Waals surface area (Å²) in [5.74, 6) is 0.0381. The smallest absolute Gasteiger partial charge is 0.311 e. The van der Waals surface area contributed by atoms with Gasteiger partial charge in [-0.05, 0) is 62.4 Å². The monoisotopic (exact) mass is 260 g/mol. The summed E-state index contributed by atoms with van der Waals surface area (Å²) in [6.07, 6.45) is 17.3. The number of ether oxygens (including phenoxy) is 1. The first-order chi connectivity index (χ1) is 9.21. The SMILES string of the molecule is COC(=O)C12CCCC(C3=CCCC=C3)(CC1)CC2. The average Bonchev–Trinajstić information content (AvgIpc) is 2.79. The minimum absolute atomic E-state index is 0.0381. The molecule has 0 aromatic rings. The van der Waals surface area contributed by atoms with E-state index in [0.29, 0.717) is 5.41 Å². The summed E-state index contributed by atoms with van der Waals surface area (Å²) in [6.45, 7) is 0. The van der Waals surface area contributed by atoms with Gasteiger partial charge in [0, 0.05) is 0 Å². The fourth-order valence-corrected chi connectivity index (χ4v) is 4.43. The highest BCUT2D eigenvalue weighted by Gasteiger charge is 2.50. The van der Waals surface area contributed by atoms with Gasteiger partial charge < -0.3 is 4.74 Å². The molecule has 19 heavy (non-hydrogen) atoms. The van der Waals surface area contributed by atoms with Crippen LogP contribution < -0.4 is 0 Å². The van der Waals surface area contributed by atoms with Gasteiger partial charge in [0.25, 0.3) is 0 Å². The third-order valence-electron chi connectivity index (χ3n) is 5.70. The van der Waals surface area contributed by atoms with Crippen LogP contribution in [0.3, 0.4) is 0 Å². The van der Waals surface area contributed by atoms with Gasteiger partial charge in [0.2, 0.25) is 0 Å².